The third-order valence-corrected chi connectivity index (χ3v) is 2.54. The number of hydrogen-bond donors (Lipinski definition) is 0. The summed E-state index contributed by atoms with van der Waals surface area (Å²) in [6.07, 6.45) is 6.01. The predicted molar refractivity (Wildman–Crippen MR) is 56.1 cm³/mol. The summed E-state index contributed by atoms with van der Waals surface area (Å²) in [4.78, 5) is 3.84. The van der Waals surface area contributed by atoms with E-state index in [2.05, 4.69) is 32.3 Å². The first-order chi connectivity index (χ1) is 7.34. The molecule has 1 aliphatic heterocycles. The van der Waals surface area contributed by atoms with Crippen LogP contribution in [0.3, 0.4) is 0 Å². The highest BCUT2D eigenvalue weighted by Gasteiger charge is 2.13. The minimum absolute atomic E-state index is 0.0364. The van der Waals surface area contributed by atoms with E-state index in [1.165, 1.54) is 6.42 Å². The van der Waals surface area contributed by atoms with Gasteiger partial charge in [-0.25, -0.2) is 4.68 Å². The van der Waals surface area contributed by atoms with Crippen LogP contribution in [0.1, 0.15) is 19.3 Å². The van der Waals surface area contributed by atoms with Crippen LogP contribution in [-0.2, 0) is 16.0 Å². The van der Waals surface area contributed by atoms with E-state index in [-0.39, 0.29) is 6.29 Å². The van der Waals surface area contributed by atoms with Gasteiger partial charge in [-0.3, -0.25) is 0 Å². The van der Waals surface area contributed by atoms with Crippen molar-refractivity contribution in [2.24, 2.45) is 0 Å². The van der Waals surface area contributed by atoms with E-state index in [0.29, 0.717) is 17.9 Å². The van der Waals surface area contributed by atoms with Gasteiger partial charge in [0.15, 0.2) is 12.6 Å². The topological polar surface area (TPSA) is 49.2 Å². The molecular weight excluding hydrogens is 262 g/mol. The Bertz CT molecular complexity index is 299. The molecule has 83 valence electrons. The van der Waals surface area contributed by atoms with E-state index in [9.17, 15) is 0 Å². The van der Waals surface area contributed by atoms with E-state index in [4.69, 9.17) is 9.47 Å². The average molecular weight is 275 g/mol. The number of hydrogen-bond acceptors (Lipinski definition) is 4. The Morgan fingerprint density at radius 3 is 3.20 bits per heavy atom. The zero-order chi connectivity index (χ0) is 10.5. The van der Waals surface area contributed by atoms with Crippen molar-refractivity contribution < 1.29 is 9.47 Å². The molecule has 1 aliphatic rings. The summed E-state index contributed by atoms with van der Waals surface area (Å²) in [5.41, 5.74) is 0. The standard InChI is InChI=1S/C9H13BrN3O2/c10-9-11-7-13(12-9)4-6-15-8-3-1-2-5-14-8/h8H,1-6H2. The second-order valence-corrected chi connectivity index (χ2v) is 4.08. The fourth-order valence-electron chi connectivity index (χ4n) is 1.46. The Kier molecular flexibility index (Phi) is 4.10. The minimum Gasteiger partial charge on any atom is -0.353 e. The van der Waals surface area contributed by atoms with Crippen LogP contribution in [0.2, 0.25) is 0 Å². The second-order valence-electron chi connectivity index (χ2n) is 3.37. The molecule has 1 atom stereocenters. The van der Waals surface area contributed by atoms with Crippen LogP contribution in [0.25, 0.3) is 0 Å². The molecule has 0 bridgehead atoms. The maximum absolute atomic E-state index is 5.55. The van der Waals surface area contributed by atoms with Gasteiger partial charge in [-0.1, -0.05) is 0 Å². The lowest BCUT2D eigenvalue weighted by Crippen LogP contribution is -2.24. The van der Waals surface area contributed by atoms with Gasteiger partial charge in [0, 0.05) is 6.61 Å². The first-order valence-electron chi connectivity index (χ1n) is 5.06. The van der Waals surface area contributed by atoms with E-state index < -0.39 is 0 Å². The fourth-order valence-corrected chi connectivity index (χ4v) is 1.73. The van der Waals surface area contributed by atoms with Crippen LogP contribution in [0.5, 0.6) is 0 Å². The Balaban J connectivity index is 1.65. The van der Waals surface area contributed by atoms with E-state index in [1.54, 1.807) is 4.68 Å². The molecule has 2 heterocycles. The summed E-state index contributed by atoms with van der Waals surface area (Å²) in [7, 11) is 0. The van der Waals surface area contributed by atoms with Crippen LogP contribution in [0.4, 0.5) is 0 Å². The van der Waals surface area contributed by atoms with Gasteiger partial charge in [0.1, 0.15) is 0 Å². The predicted octanol–water partition coefficient (Wildman–Crippen LogP) is 1.38. The summed E-state index contributed by atoms with van der Waals surface area (Å²) in [5, 5.41) is 4.04. The zero-order valence-corrected chi connectivity index (χ0v) is 9.94. The van der Waals surface area contributed by atoms with Crippen LogP contribution >= 0.6 is 15.9 Å². The molecule has 0 saturated carbocycles. The number of nitrogens with zero attached hydrogens (tertiary/aromatic N) is 3. The van der Waals surface area contributed by atoms with Crippen molar-refractivity contribution in [1.29, 1.82) is 0 Å². The molecule has 5 nitrogen and oxygen atoms in total. The Labute approximate surface area is 96.9 Å². The number of aromatic nitrogens is 3. The third-order valence-electron chi connectivity index (χ3n) is 2.21. The lowest BCUT2D eigenvalue weighted by Gasteiger charge is -2.22. The van der Waals surface area contributed by atoms with Gasteiger partial charge < -0.3 is 9.47 Å². The highest BCUT2D eigenvalue weighted by Crippen LogP contribution is 2.13. The summed E-state index contributed by atoms with van der Waals surface area (Å²) < 4.78 is 13.2. The van der Waals surface area contributed by atoms with Gasteiger partial charge in [-0.2, -0.15) is 4.98 Å². The van der Waals surface area contributed by atoms with Crippen molar-refractivity contribution >= 4 is 15.9 Å². The monoisotopic (exact) mass is 274 g/mol. The molecule has 0 aliphatic carbocycles. The Morgan fingerprint density at radius 2 is 2.53 bits per heavy atom. The molecule has 1 aromatic rings. The van der Waals surface area contributed by atoms with E-state index >= 15 is 0 Å². The normalized spacial score (nSPS) is 21.8. The molecule has 1 saturated heterocycles. The molecule has 1 fully saturated rings. The van der Waals surface area contributed by atoms with Gasteiger partial charge in [0.2, 0.25) is 4.73 Å². The van der Waals surface area contributed by atoms with Crippen LogP contribution < -0.4 is 0 Å². The zero-order valence-electron chi connectivity index (χ0n) is 8.36. The van der Waals surface area contributed by atoms with Crippen LogP contribution in [-0.4, -0.2) is 34.3 Å². The molecule has 0 amide bonds. The van der Waals surface area contributed by atoms with E-state index in [0.717, 1.165) is 19.4 Å². The first kappa shape index (κ1) is 11.0. The number of ether oxygens (including phenoxy) is 2. The van der Waals surface area contributed by atoms with Crippen molar-refractivity contribution in [3.63, 3.8) is 0 Å². The molecule has 0 N–H and O–H groups in total. The fraction of sp³-hybridized carbons (Fsp3) is 0.778. The highest BCUT2D eigenvalue weighted by atomic mass is 79.9. The molecule has 0 aromatic carbocycles. The smallest absolute Gasteiger partial charge is 0.217 e. The number of rotatable bonds is 4. The maximum atomic E-state index is 5.55. The SMILES string of the molecule is Brc1n[c]n(CCOC2CCCCO2)n1. The molecule has 1 unspecified atom stereocenters. The average Bonchev–Trinajstić information content (AvgIpc) is 2.66. The van der Waals surface area contributed by atoms with Gasteiger partial charge in [0.25, 0.3) is 0 Å². The van der Waals surface area contributed by atoms with Crippen LogP contribution in [0, 0.1) is 6.33 Å². The van der Waals surface area contributed by atoms with Gasteiger partial charge in [-0.15, -0.1) is 5.10 Å². The Hall–Kier alpha value is -0.460. The lowest BCUT2D eigenvalue weighted by molar-refractivity contribution is -0.163. The summed E-state index contributed by atoms with van der Waals surface area (Å²) >= 11 is 3.16. The molecule has 1 aromatic heterocycles. The Morgan fingerprint density at radius 1 is 1.60 bits per heavy atom. The first-order valence-corrected chi connectivity index (χ1v) is 5.85. The van der Waals surface area contributed by atoms with Crippen molar-refractivity contribution in [2.75, 3.05) is 13.2 Å². The molecule has 2 rings (SSSR count). The van der Waals surface area contributed by atoms with Crippen molar-refractivity contribution in [2.45, 2.75) is 32.1 Å². The minimum atomic E-state index is -0.0364. The molecule has 6 heteroatoms. The lowest BCUT2D eigenvalue weighted by atomic mass is 10.2. The van der Waals surface area contributed by atoms with Crippen LogP contribution in [0.15, 0.2) is 4.73 Å². The molecule has 0 spiro atoms. The summed E-state index contributed by atoms with van der Waals surface area (Å²) in [6.45, 7) is 2.04. The largest absolute Gasteiger partial charge is 0.353 e. The molecule has 15 heavy (non-hydrogen) atoms. The third kappa shape index (κ3) is 3.55. The van der Waals surface area contributed by atoms with Crippen molar-refractivity contribution in [1.82, 2.24) is 14.8 Å². The maximum Gasteiger partial charge on any atom is 0.217 e. The second kappa shape index (κ2) is 5.58. The molecular formula is C9H13BrN3O2. The van der Waals surface area contributed by atoms with Gasteiger partial charge >= 0.3 is 0 Å². The highest BCUT2D eigenvalue weighted by molar-refractivity contribution is 9.10. The van der Waals surface area contributed by atoms with Crippen molar-refractivity contribution in [3.8, 4) is 0 Å². The van der Waals surface area contributed by atoms with E-state index in [1.807, 2.05) is 0 Å². The van der Waals surface area contributed by atoms with Crippen molar-refractivity contribution in [3.05, 3.63) is 11.1 Å². The summed E-state index contributed by atoms with van der Waals surface area (Å²) in [6, 6.07) is 0. The number of halogens is 1. The molecule has 1 radical (unpaired) electrons. The quantitative estimate of drug-likeness (QED) is 0.833. The van der Waals surface area contributed by atoms with Gasteiger partial charge in [0.05, 0.1) is 13.2 Å². The summed E-state index contributed by atoms with van der Waals surface area (Å²) in [5.74, 6) is 0. The van der Waals surface area contributed by atoms with Gasteiger partial charge in [-0.05, 0) is 35.2 Å².